The van der Waals surface area contributed by atoms with Crippen molar-refractivity contribution in [2.75, 3.05) is 13.7 Å². The molecule has 0 aliphatic heterocycles. The Labute approximate surface area is 98.6 Å². The molecule has 1 atom stereocenters. The Morgan fingerprint density at radius 2 is 2.00 bits per heavy atom. The second-order valence-corrected chi connectivity index (χ2v) is 3.74. The van der Waals surface area contributed by atoms with Gasteiger partial charge < -0.3 is 10.5 Å². The van der Waals surface area contributed by atoms with Gasteiger partial charge in [-0.3, -0.25) is 4.79 Å². The molecule has 0 bridgehead atoms. The van der Waals surface area contributed by atoms with Crippen LogP contribution in [-0.2, 0) is 14.9 Å². The fourth-order valence-electron chi connectivity index (χ4n) is 1.82. The van der Waals surface area contributed by atoms with E-state index < -0.39 is 24.2 Å². The third-order valence-corrected chi connectivity index (χ3v) is 2.75. The van der Waals surface area contributed by atoms with Gasteiger partial charge in [0.05, 0.1) is 7.11 Å². The van der Waals surface area contributed by atoms with Crippen molar-refractivity contribution in [3.05, 3.63) is 35.9 Å². The minimum atomic E-state index is -2.63. The van der Waals surface area contributed by atoms with Crippen molar-refractivity contribution < 1.29 is 18.3 Å². The van der Waals surface area contributed by atoms with Crippen LogP contribution in [0, 0.1) is 0 Å². The quantitative estimate of drug-likeness (QED) is 0.801. The van der Waals surface area contributed by atoms with Gasteiger partial charge in [-0.1, -0.05) is 30.3 Å². The van der Waals surface area contributed by atoms with Crippen LogP contribution < -0.4 is 5.73 Å². The third kappa shape index (κ3) is 2.79. The van der Waals surface area contributed by atoms with E-state index in [1.165, 1.54) is 7.11 Å². The molecular weight excluding hydrogens is 228 g/mol. The van der Waals surface area contributed by atoms with Crippen LogP contribution in [-0.4, -0.2) is 26.0 Å². The van der Waals surface area contributed by atoms with E-state index in [-0.39, 0.29) is 6.54 Å². The van der Waals surface area contributed by atoms with Crippen LogP contribution in [0.25, 0.3) is 0 Å². The number of esters is 1. The summed E-state index contributed by atoms with van der Waals surface area (Å²) in [6.45, 7) is -0.214. The van der Waals surface area contributed by atoms with E-state index in [1.54, 1.807) is 30.3 Å². The molecule has 1 rings (SSSR count). The van der Waals surface area contributed by atoms with Gasteiger partial charge >= 0.3 is 5.97 Å². The molecule has 0 aromatic heterocycles. The molecule has 0 radical (unpaired) electrons. The Kier molecular flexibility index (Phi) is 4.57. The van der Waals surface area contributed by atoms with Crippen LogP contribution >= 0.6 is 0 Å². The first-order valence-corrected chi connectivity index (χ1v) is 5.19. The summed E-state index contributed by atoms with van der Waals surface area (Å²) in [6, 6.07) is 8.30. The van der Waals surface area contributed by atoms with Gasteiger partial charge in [0.25, 0.3) is 0 Å². The highest BCUT2D eigenvalue weighted by atomic mass is 19.3. The zero-order valence-corrected chi connectivity index (χ0v) is 9.53. The Balaban J connectivity index is 3.21. The molecule has 0 aliphatic rings. The molecule has 0 heterocycles. The number of alkyl halides is 2. The van der Waals surface area contributed by atoms with Crippen LogP contribution in [0.3, 0.4) is 0 Å². The molecule has 0 saturated carbocycles. The molecule has 0 amide bonds. The van der Waals surface area contributed by atoms with Crippen molar-refractivity contribution in [2.24, 2.45) is 5.73 Å². The lowest BCUT2D eigenvalue weighted by Crippen LogP contribution is -2.45. The normalized spacial score (nSPS) is 14.4. The molecule has 0 spiro atoms. The Morgan fingerprint density at radius 3 is 2.41 bits per heavy atom. The van der Waals surface area contributed by atoms with Crippen LogP contribution in [0.1, 0.15) is 12.0 Å². The first-order valence-electron chi connectivity index (χ1n) is 5.19. The Hall–Kier alpha value is -1.49. The highest BCUT2D eigenvalue weighted by Gasteiger charge is 2.42. The van der Waals surface area contributed by atoms with Crippen LogP contribution in [0.2, 0.25) is 0 Å². The summed E-state index contributed by atoms with van der Waals surface area (Å²) in [5.74, 6) is -0.730. The first kappa shape index (κ1) is 13.6. The van der Waals surface area contributed by atoms with Gasteiger partial charge in [-0.25, -0.2) is 8.78 Å². The molecule has 5 heteroatoms. The van der Waals surface area contributed by atoms with Crippen LogP contribution in [0.15, 0.2) is 30.3 Å². The molecule has 2 N–H and O–H groups in total. The summed E-state index contributed by atoms with van der Waals surface area (Å²) in [6.07, 6.45) is -3.27. The molecule has 0 aliphatic carbocycles. The third-order valence-electron chi connectivity index (χ3n) is 2.75. The number of carbonyl (C=O) groups is 1. The number of hydrogen-bond acceptors (Lipinski definition) is 3. The second kappa shape index (κ2) is 5.72. The standard InChI is InChI=1S/C12H15F2NO2/c1-17-11(16)12(8-15,7-10(13)14)9-5-3-2-4-6-9/h2-6,10H,7-8,15H2,1H3. The number of ether oxygens (including phenoxy) is 1. The smallest absolute Gasteiger partial charge is 0.317 e. The average molecular weight is 243 g/mol. The van der Waals surface area contributed by atoms with E-state index in [2.05, 4.69) is 4.74 Å². The van der Waals surface area contributed by atoms with Crippen LogP contribution in [0.5, 0.6) is 0 Å². The summed E-state index contributed by atoms with van der Waals surface area (Å²) >= 11 is 0. The number of nitrogens with two attached hydrogens (primary N) is 1. The number of hydrogen-bond donors (Lipinski definition) is 1. The van der Waals surface area contributed by atoms with Crippen LogP contribution in [0.4, 0.5) is 8.78 Å². The highest BCUT2D eigenvalue weighted by molar-refractivity contribution is 5.83. The molecule has 0 fully saturated rings. The maximum absolute atomic E-state index is 12.6. The summed E-state index contributed by atoms with van der Waals surface area (Å²) < 4.78 is 29.9. The van der Waals surface area contributed by atoms with Gasteiger partial charge in [0.15, 0.2) is 0 Å². The predicted octanol–water partition coefficient (Wildman–Crippen LogP) is 1.71. The Bertz CT molecular complexity index is 370. The van der Waals surface area contributed by atoms with Gasteiger partial charge in [-0.2, -0.15) is 0 Å². The summed E-state index contributed by atoms with van der Waals surface area (Å²) in [7, 11) is 1.17. The molecule has 3 nitrogen and oxygen atoms in total. The van der Waals surface area contributed by atoms with E-state index >= 15 is 0 Å². The molecule has 94 valence electrons. The number of rotatable bonds is 5. The van der Waals surface area contributed by atoms with Gasteiger partial charge in [0, 0.05) is 13.0 Å². The maximum atomic E-state index is 12.6. The highest BCUT2D eigenvalue weighted by Crippen LogP contribution is 2.31. The van der Waals surface area contributed by atoms with Gasteiger partial charge in [0.2, 0.25) is 6.43 Å². The largest absolute Gasteiger partial charge is 0.468 e. The lowest BCUT2D eigenvalue weighted by atomic mass is 9.77. The summed E-state index contributed by atoms with van der Waals surface area (Å²) in [4.78, 5) is 11.8. The van der Waals surface area contributed by atoms with Crippen molar-refractivity contribution in [1.29, 1.82) is 0 Å². The van der Waals surface area contributed by atoms with E-state index in [0.717, 1.165) is 0 Å². The van der Waals surface area contributed by atoms with E-state index in [9.17, 15) is 13.6 Å². The van der Waals surface area contributed by atoms with Crippen molar-refractivity contribution >= 4 is 5.97 Å². The lowest BCUT2D eigenvalue weighted by molar-refractivity contribution is -0.149. The Morgan fingerprint density at radius 1 is 1.41 bits per heavy atom. The van der Waals surface area contributed by atoms with Gasteiger partial charge in [-0.15, -0.1) is 0 Å². The molecule has 0 saturated heterocycles. The predicted molar refractivity (Wildman–Crippen MR) is 59.8 cm³/mol. The number of halogens is 2. The fourth-order valence-corrected chi connectivity index (χ4v) is 1.82. The average Bonchev–Trinajstić information content (AvgIpc) is 2.35. The second-order valence-electron chi connectivity index (χ2n) is 3.74. The van der Waals surface area contributed by atoms with Crippen molar-refractivity contribution in [3.8, 4) is 0 Å². The summed E-state index contributed by atoms with van der Waals surface area (Å²) in [5, 5.41) is 0. The fraction of sp³-hybridized carbons (Fsp3) is 0.417. The molecule has 1 aromatic rings. The lowest BCUT2D eigenvalue weighted by Gasteiger charge is -2.29. The van der Waals surface area contributed by atoms with Gasteiger partial charge in [-0.05, 0) is 5.56 Å². The topological polar surface area (TPSA) is 52.3 Å². The summed E-state index contributed by atoms with van der Waals surface area (Å²) in [5.41, 5.74) is 4.52. The molecular formula is C12H15F2NO2. The van der Waals surface area contributed by atoms with E-state index in [1.807, 2.05) is 0 Å². The van der Waals surface area contributed by atoms with Crippen molar-refractivity contribution in [3.63, 3.8) is 0 Å². The zero-order chi connectivity index (χ0) is 12.9. The van der Waals surface area contributed by atoms with Crippen molar-refractivity contribution in [2.45, 2.75) is 18.3 Å². The molecule has 1 aromatic carbocycles. The SMILES string of the molecule is COC(=O)C(CN)(CC(F)F)c1ccccc1. The molecule has 17 heavy (non-hydrogen) atoms. The van der Waals surface area contributed by atoms with Crippen molar-refractivity contribution in [1.82, 2.24) is 0 Å². The number of carbonyl (C=O) groups excluding carboxylic acids is 1. The molecule has 1 unspecified atom stereocenters. The van der Waals surface area contributed by atoms with E-state index in [0.29, 0.717) is 5.56 Å². The van der Waals surface area contributed by atoms with E-state index in [4.69, 9.17) is 5.73 Å². The number of benzene rings is 1. The monoisotopic (exact) mass is 243 g/mol. The minimum absolute atomic E-state index is 0.214. The number of methoxy groups -OCH3 is 1. The minimum Gasteiger partial charge on any atom is -0.468 e. The first-order chi connectivity index (χ1) is 8.06. The zero-order valence-electron chi connectivity index (χ0n) is 9.53. The maximum Gasteiger partial charge on any atom is 0.317 e. The van der Waals surface area contributed by atoms with Gasteiger partial charge in [0.1, 0.15) is 5.41 Å².